The molecule has 0 spiro atoms. The molecule has 4 heteroatoms. The van der Waals surface area contributed by atoms with E-state index in [1.807, 2.05) is 28.3 Å². The van der Waals surface area contributed by atoms with Gasteiger partial charge in [-0.2, -0.15) is 0 Å². The second kappa shape index (κ2) is 3.36. The summed E-state index contributed by atoms with van der Waals surface area (Å²) in [4.78, 5) is 4.02. The summed E-state index contributed by atoms with van der Waals surface area (Å²) in [6.07, 6.45) is 5.48. The van der Waals surface area contributed by atoms with E-state index in [-0.39, 0.29) is 0 Å². The van der Waals surface area contributed by atoms with Gasteiger partial charge in [-0.3, -0.25) is 0 Å². The monoisotopic (exact) mass is 234 g/mol. The number of halogens is 1. The SMILES string of the molecule is Clc1csc2cc(-n3ccnc3)ccc12. The molecule has 3 aromatic rings. The summed E-state index contributed by atoms with van der Waals surface area (Å²) in [6.45, 7) is 0. The van der Waals surface area contributed by atoms with Crippen molar-refractivity contribution in [1.29, 1.82) is 0 Å². The van der Waals surface area contributed by atoms with E-state index < -0.39 is 0 Å². The molecule has 0 atom stereocenters. The van der Waals surface area contributed by atoms with Gasteiger partial charge in [0, 0.05) is 33.5 Å². The number of fused-ring (bicyclic) bond motifs is 1. The van der Waals surface area contributed by atoms with Gasteiger partial charge in [-0.05, 0) is 18.2 Å². The molecule has 2 aromatic heterocycles. The van der Waals surface area contributed by atoms with E-state index in [2.05, 4.69) is 11.1 Å². The zero-order chi connectivity index (χ0) is 10.3. The van der Waals surface area contributed by atoms with Gasteiger partial charge in [0.2, 0.25) is 0 Å². The van der Waals surface area contributed by atoms with Crippen molar-refractivity contribution in [3.8, 4) is 5.69 Å². The van der Waals surface area contributed by atoms with Crippen molar-refractivity contribution in [2.75, 3.05) is 0 Å². The van der Waals surface area contributed by atoms with Crippen LogP contribution in [0.5, 0.6) is 0 Å². The minimum atomic E-state index is 0.826. The molecular formula is C11H7ClN2S. The minimum Gasteiger partial charge on any atom is -0.306 e. The zero-order valence-corrected chi connectivity index (χ0v) is 9.29. The second-order valence-electron chi connectivity index (χ2n) is 3.23. The molecule has 0 amide bonds. The highest BCUT2D eigenvalue weighted by Crippen LogP contribution is 2.31. The first-order valence-electron chi connectivity index (χ1n) is 4.50. The Labute approximate surface area is 95.8 Å². The molecule has 0 saturated carbocycles. The largest absolute Gasteiger partial charge is 0.306 e. The van der Waals surface area contributed by atoms with Gasteiger partial charge in [0.25, 0.3) is 0 Å². The Bertz CT molecular complexity index is 598. The van der Waals surface area contributed by atoms with Crippen molar-refractivity contribution in [2.24, 2.45) is 0 Å². The first-order chi connectivity index (χ1) is 7.34. The Kier molecular flexibility index (Phi) is 2.01. The highest BCUT2D eigenvalue weighted by Gasteiger charge is 2.03. The van der Waals surface area contributed by atoms with Gasteiger partial charge in [-0.1, -0.05) is 11.6 Å². The highest BCUT2D eigenvalue weighted by molar-refractivity contribution is 7.17. The number of benzene rings is 1. The summed E-state index contributed by atoms with van der Waals surface area (Å²) in [5.74, 6) is 0. The van der Waals surface area contributed by atoms with Crippen molar-refractivity contribution in [3.63, 3.8) is 0 Å². The molecule has 2 heterocycles. The Balaban J connectivity index is 2.23. The first-order valence-corrected chi connectivity index (χ1v) is 5.75. The Morgan fingerprint density at radius 3 is 3.07 bits per heavy atom. The topological polar surface area (TPSA) is 17.8 Å². The van der Waals surface area contributed by atoms with Crippen molar-refractivity contribution in [1.82, 2.24) is 9.55 Å². The molecule has 2 nitrogen and oxygen atoms in total. The number of thiophene rings is 1. The molecule has 3 rings (SSSR count). The molecular weight excluding hydrogens is 228 g/mol. The Morgan fingerprint density at radius 1 is 1.33 bits per heavy atom. The molecule has 0 aliphatic carbocycles. The predicted octanol–water partition coefficient (Wildman–Crippen LogP) is 3.74. The molecule has 0 bridgehead atoms. The number of hydrogen-bond donors (Lipinski definition) is 0. The van der Waals surface area contributed by atoms with E-state index in [9.17, 15) is 0 Å². The predicted molar refractivity (Wildman–Crippen MR) is 64.0 cm³/mol. The lowest BCUT2D eigenvalue weighted by Gasteiger charge is -2.01. The van der Waals surface area contributed by atoms with Crippen molar-refractivity contribution < 1.29 is 0 Å². The summed E-state index contributed by atoms with van der Waals surface area (Å²) in [7, 11) is 0. The molecule has 74 valence electrons. The van der Waals surface area contributed by atoms with Crippen LogP contribution in [0.15, 0.2) is 42.3 Å². The molecule has 1 aromatic carbocycles. The van der Waals surface area contributed by atoms with Gasteiger partial charge in [-0.15, -0.1) is 11.3 Å². The number of hydrogen-bond acceptors (Lipinski definition) is 2. The van der Waals surface area contributed by atoms with E-state index >= 15 is 0 Å². The summed E-state index contributed by atoms with van der Waals surface area (Å²) in [5, 5.41) is 3.90. The number of aromatic nitrogens is 2. The third kappa shape index (κ3) is 1.44. The molecule has 0 saturated heterocycles. The van der Waals surface area contributed by atoms with Gasteiger partial charge in [0.15, 0.2) is 0 Å². The fourth-order valence-electron chi connectivity index (χ4n) is 1.56. The Hall–Kier alpha value is -1.32. The molecule has 0 aliphatic rings. The van der Waals surface area contributed by atoms with Gasteiger partial charge in [0.1, 0.15) is 0 Å². The third-order valence-electron chi connectivity index (χ3n) is 2.31. The zero-order valence-electron chi connectivity index (χ0n) is 7.72. The van der Waals surface area contributed by atoms with Crippen LogP contribution < -0.4 is 0 Å². The molecule has 0 radical (unpaired) electrons. The van der Waals surface area contributed by atoms with Crippen molar-refractivity contribution in [3.05, 3.63) is 47.3 Å². The average Bonchev–Trinajstić information content (AvgIpc) is 2.88. The highest BCUT2D eigenvalue weighted by atomic mass is 35.5. The van der Waals surface area contributed by atoms with Crippen LogP contribution in [0, 0.1) is 0 Å². The van der Waals surface area contributed by atoms with Crippen molar-refractivity contribution >= 4 is 33.0 Å². The van der Waals surface area contributed by atoms with E-state index in [1.54, 1.807) is 23.9 Å². The van der Waals surface area contributed by atoms with Crippen LogP contribution in [0.1, 0.15) is 0 Å². The fraction of sp³-hybridized carbons (Fsp3) is 0. The molecule has 0 unspecified atom stereocenters. The van der Waals surface area contributed by atoms with Gasteiger partial charge >= 0.3 is 0 Å². The molecule has 0 aliphatic heterocycles. The van der Waals surface area contributed by atoms with E-state index in [4.69, 9.17) is 11.6 Å². The van der Waals surface area contributed by atoms with Crippen LogP contribution in [0.2, 0.25) is 5.02 Å². The summed E-state index contributed by atoms with van der Waals surface area (Å²) >= 11 is 7.70. The van der Waals surface area contributed by atoms with Crippen LogP contribution in [0.3, 0.4) is 0 Å². The maximum atomic E-state index is 6.04. The summed E-state index contributed by atoms with van der Waals surface area (Å²) in [6, 6.07) is 6.21. The smallest absolute Gasteiger partial charge is 0.0991 e. The standard InChI is InChI=1S/C11H7ClN2S/c12-10-6-15-11-5-8(1-2-9(10)11)14-4-3-13-7-14/h1-7H. The molecule has 15 heavy (non-hydrogen) atoms. The lowest BCUT2D eigenvalue weighted by Crippen LogP contribution is -1.88. The fourth-order valence-corrected chi connectivity index (χ4v) is 2.76. The number of rotatable bonds is 1. The van der Waals surface area contributed by atoms with Crippen LogP contribution in [0.4, 0.5) is 0 Å². The average molecular weight is 235 g/mol. The van der Waals surface area contributed by atoms with Crippen LogP contribution in [-0.2, 0) is 0 Å². The van der Waals surface area contributed by atoms with E-state index in [0.29, 0.717) is 0 Å². The Morgan fingerprint density at radius 2 is 2.27 bits per heavy atom. The van der Waals surface area contributed by atoms with E-state index in [0.717, 1.165) is 16.1 Å². The van der Waals surface area contributed by atoms with Crippen LogP contribution in [-0.4, -0.2) is 9.55 Å². The van der Waals surface area contributed by atoms with Gasteiger partial charge in [0.05, 0.1) is 11.3 Å². The first kappa shape index (κ1) is 8.95. The van der Waals surface area contributed by atoms with Crippen LogP contribution in [0.25, 0.3) is 15.8 Å². The maximum absolute atomic E-state index is 6.04. The molecule has 0 N–H and O–H groups in total. The summed E-state index contributed by atoms with van der Waals surface area (Å²) in [5.41, 5.74) is 1.11. The van der Waals surface area contributed by atoms with Gasteiger partial charge < -0.3 is 4.57 Å². The quantitative estimate of drug-likeness (QED) is 0.627. The minimum absolute atomic E-state index is 0.826. The summed E-state index contributed by atoms with van der Waals surface area (Å²) < 4.78 is 3.18. The normalized spacial score (nSPS) is 11.0. The van der Waals surface area contributed by atoms with Crippen LogP contribution >= 0.6 is 22.9 Å². The van der Waals surface area contributed by atoms with E-state index in [1.165, 1.54) is 4.70 Å². The van der Waals surface area contributed by atoms with Crippen molar-refractivity contribution in [2.45, 2.75) is 0 Å². The van der Waals surface area contributed by atoms with Gasteiger partial charge in [-0.25, -0.2) is 4.98 Å². The lowest BCUT2D eigenvalue weighted by molar-refractivity contribution is 1.06. The third-order valence-corrected chi connectivity index (χ3v) is 3.70. The number of imidazole rings is 1. The molecule has 0 fully saturated rings. The lowest BCUT2D eigenvalue weighted by atomic mass is 10.2. The second-order valence-corrected chi connectivity index (χ2v) is 4.55. The maximum Gasteiger partial charge on any atom is 0.0991 e. The number of nitrogens with zero attached hydrogens (tertiary/aromatic N) is 2.